The van der Waals surface area contributed by atoms with Crippen LogP contribution in [0.2, 0.25) is 0 Å². The second-order valence-electron chi connectivity index (χ2n) is 8.84. The van der Waals surface area contributed by atoms with Crippen molar-refractivity contribution >= 4 is 34.0 Å². The van der Waals surface area contributed by atoms with E-state index in [1.54, 1.807) is 4.90 Å². The number of thioether (sulfide) groups is 1. The van der Waals surface area contributed by atoms with Crippen molar-refractivity contribution in [2.45, 2.75) is 43.9 Å². The van der Waals surface area contributed by atoms with Crippen molar-refractivity contribution in [2.75, 3.05) is 10.7 Å². The van der Waals surface area contributed by atoms with Gasteiger partial charge < -0.3 is 5.73 Å². The normalized spacial score (nSPS) is 20.2. The van der Waals surface area contributed by atoms with Crippen LogP contribution in [0.5, 0.6) is 0 Å². The molecule has 1 aromatic heterocycles. The van der Waals surface area contributed by atoms with Crippen LogP contribution in [0.1, 0.15) is 43.7 Å². The molecule has 0 saturated carbocycles. The van der Waals surface area contributed by atoms with Gasteiger partial charge in [-0.2, -0.15) is 5.26 Å². The number of nitrogens with two attached hydrogens (primary N) is 1. The number of carbonyl (C=O) groups is 1. The molecule has 0 bridgehead atoms. The van der Waals surface area contributed by atoms with Gasteiger partial charge in [0.2, 0.25) is 5.13 Å². The first-order chi connectivity index (χ1) is 15.3. The Morgan fingerprint density at radius 3 is 2.88 bits per heavy atom. The minimum absolute atomic E-state index is 0.0544. The Balaban J connectivity index is 1.92. The van der Waals surface area contributed by atoms with Gasteiger partial charge in [0.15, 0.2) is 10.1 Å². The first-order valence-electron chi connectivity index (χ1n) is 10.4. The average Bonchev–Trinajstić information content (AvgIpc) is 3.18. The minimum atomic E-state index is -0.475. The number of nitriles is 1. The first kappa shape index (κ1) is 22.3. The van der Waals surface area contributed by atoms with Gasteiger partial charge in [-0.05, 0) is 24.3 Å². The third kappa shape index (κ3) is 3.98. The molecule has 1 aliphatic carbocycles. The monoisotopic (exact) mass is 463 g/mol. The first-order valence-corrected chi connectivity index (χ1v) is 12.2. The number of ketones is 1. The molecule has 0 radical (unpaired) electrons. The maximum Gasteiger partial charge on any atom is 0.219 e. The molecule has 8 heteroatoms. The lowest BCUT2D eigenvalue weighted by atomic mass is 9.68. The summed E-state index contributed by atoms with van der Waals surface area (Å²) in [5.41, 5.74) is 10.2. The van der Waals surface area contributed by atoms with E-state index in [1.165, 1.54) is 23.1 Å². The fourth-order valence-electron chi connectivity index (χ4n) is 4.39. The summed E-state index contributed by atoms with van der Waals surface area (Å²) in [4.78, 5) is 15.3. The SMILES string of the molecule is C=CCSc1nnc(N2C(N)=C(C#N)C(c3cccc(C)c3)C3=C2CC(C)(C)CC3=O)s1. The highest BCUT2D eigenvalue weighted by molar-refractivity contribution is 8.01. The summed E-state index contributed by atoms with van der Waals surface area (Å²) in [5.74, 6) is 0.619. The molecule has 6 nitrogen and oxygen atoms in total. The molecule has 2 N–H and O–H groups in total. The Kier molecular flexibility index (Phi) is 5.97. The quantitative estimate of drug-likeness (QED) is 0.489. The van der Waals surface area contributed by atoms with Gasteiger partial charge in [0.25, 0.3) is 0 Å². The van der Waals surface area contributed by atoms with E-state index in [0.717, 1.165) is 26.9 Å². The number of rotatable bonds is 5. The average molecular weight is 464 g/mol. The highest BCUT2D eigenvalue weighted by Gasteiger charge is 2.45. The summed E-state index contributed by atoms with van der Waals surface area (Å²) in [6, 6.07) is 10.2. The third-order valence-electron chi connectivity index (χ3n) is 5.67. The van der Waals surface area contributed by atoms with Crippen molar-refractivity contribution < 1.29 is 4.79 Å². The molecule has 2 aromatic rings. The van der Waals surface area contributed by atoms with E-state index < -0.39 is 5.92 Å². The van der Waals surface area contributed by atoms with Crippen molar-refractivity contribution in [2.24, 2.45) is 11.1 Å². The van der Waals surface area contributed by atoms with E-state index in [9.17, 15) is 10.1 Å². The number of nitrogens with zero attached hydrogens (tertiary/aromatic N) is 4. The topological polar surface area (TPSA) is 95.9 Å². The molecule has 0 saturated heterocycles. The number of benzene rings is 1. The molecule has 1 atom stereocenters. The highest BCUT2D eigenvalue weighted by atomic mass is 32.2. The van der Waals surface area contributed by atoms with Crippen LogP contribution in [0, 0.1) is 23.7 Å². The van der Waals surface area contributed by atoms with Crippen molar-refractivity contribution in [1.82, 2.24) is 10.2 Å². The predicted molar refractivity (Wildman–Crippen MR) is 129 cm³/mol. The van der Waals surface area contributed by atoms with E-state index in [1.807, 2.05) is 37.3 Å². The molecule has 0 amide bonds. The third-order valence-corrected chi connectivity index (χ3v) is 7.71. The molecule has 1 aliphatic heterocycles. The van der Waals surface area contributed by atoms with Crippen molar-refractivity contribution in [3.05, 3.63) is 70.7 Å². The maximum atomic E-state index is 13.5. The van der Waals surface area contributed by atoms with E-state index in [0.29, 0.717) is 34.9 Å². The second-order valence-corrected chi connectivity index (χ2v) is 11.1. The van der Waals surface area contributed by atoms with Gasteiger partial charge in [-0.1, -0.05) is 72.9 Å². The molecule has 32 heavy (non-hydrogen) atoms. The van der Waals surface area contributed by atoms with Crippen LogP contribution in [0.4, 0.5) is 5.13 Å². The zero-order chi connectivity index (χ0) is 23.0. The van der Waals surface area contributed by atoms with Crippen molar-refractivity contribution in [3.63, 3.8) is 0 Å². The Morgan fingerprint density at radius 2 is 2.19 bits per heavy atom. The number of aryl methyl sites for hydroxylation is 1. The largest absolute Gasteiger partial charge is 0.384 e. The molecule has 164 valence electrons. The second kappa shape index (κ2) is 8.57. The molecule has 0 fully saturated rings. The molecular formula is C24H25N5OS2. The van der Waals surface area contributed by atoms with Gasteiger partial charge in [-0.3, -0.25) is 9.69 Å². The smallest absolute Gasteiger partial charge is 0.219 e. The van der Waals surface area contributed by atoms with Crippen molar-refractivity contribution in [3.8, 4) is 6.07 Å². The fraction of sp³-hybridized carbons (Fsp3) is 0.333. The summed E-state index contributed by atoms with van der Waals surface area (Å²) in [6.45, 7) is 9.91. The van der Waals surface area contributed by atoms with E-state index in [4.69, 9.17) is 5.73 Å². The molecule has 1 aromatic carbocycles. The van der Waals surface area contributed by atoms with Crippen molar-refractivity contribution in [1.29, 1.82) is 5.26 Å². The molecule has 1 unspecified atom stereocenters. The van der Waals surface area contributed by atoms with E-state index >= 15 is 0 Å². The van der Waals surface area contributed by atoms with Crippen LogP contribution in [0.3, 0.4) is 0 Å². The molecule has 0 spiro atoms. The Labute approximate surface area is 196 Å². The molecule has 2 aliphatic rings. The number of hydrogen-bond acceptors (Lipinski definition) is 8. The number of anilines is 1. The van der Waals surface area contributed by atoms with Crippen LogP contribution in [-0.2, 0) is 4.79 Å². The van der Waals surface area contributed by atoms with Crippen LogP contribution in [-0.4, -0.2) is 21.7 Å². The lowest BCUT2D eigenvalue weighted by Gasteiger charge is -2.42. The van der Waals surface area contributed by atoms with Crippen LogP contribution in [0.25, 0.3) is 0 Å². The van der Waals surface area contributed by atoms with Crippen LogP contribution >= 0.6 is 23.1 Å². The molecular weight excluding hydrogens is 438 g/mol. The Bertz CT molecular complexity index is 1200. The summed E-state index contributed by atoms with van der Waals surface area (Å²) in [6.07, 6.45) is 2.89. The molecule has 2 heterocycles. The van der Waals surface area contributed by atoms with Crippen LogP contribution < -0.4 is 10.6 Å². The zero-order valence-electron chi connectivity index (χ0n) is 18.4. The van der Waals surface area contributed by atoms with Gasteiger partial charge in [0.1, 0.15) is 5.82 Å². The number of aromatic nitrogens is 2. The zero-order valence-corrected chi connectivity index (χ0v) is 20.0. The van der Waals surface area contributed by atoms with Gasteiger partial charge in [-0.15, -0.1) is 16.8 Å². The van der Waals surface area contributed by atoms with Gasteiger partial charge in [-0.25, -0.2) is 0 Å². The number of hydrogen-bond donors (Lipinski definition) is 1. The van der Waals surface area contributed by atoms with Gasteiger partial charge in [0, 0.05) is 23.4 Å². The lowest BCUT2D eigenvalue weighted by Crippen LogP contribution is -2.42. The lowest BCUT2D eigenvalue weighted by molar-refractivity contribution is -0.118. The standard InChI is InChI=1S/C24H25N5OS2/c1-5-9-31-23-28-27-22(32-23)29-17-11-24(3,4)12-18(30)20(17)19(16(13-25)21(29)26)15-8-6-7-14(2)10-15/h5-8,10,19H,1,9,11-12,26H2,2-4H3. The molecule has 4 rings (SSSR count). The van der Waals surface area contributed by atoms with Crippen LogP contribution in [0.15, 0.2) is 63.9 Å². The maximum absolute atomic E-state index is 13.5. The number of carbonyl (C=O) groups excluding carboxylic acids is 1. The predicted octanol–water partition coefficient (Wildman–Crippen LogP) is 5.07. The Morgan fingerprint density at radius 1 is 1.41 bits per heavy atom. The summed E-state index contributed by atoms with van der Waals surface area (Å²) >= 11 is 2.94. The van der Waals surface area contributed by atoms with E-state index in [-0.39, 0.29) is 11.2 Å². The minimum Gasteiger partial charge on any atom is -0.384 e. The van der Waals surface area contributed by atoms with Gasteiger partial charge in [0.05, 0.1) is 17.6 Å². The number of Topliss-reactive ketones (excluding diaryl/α,β-unsaturated/α-hetero) is 1. The number of allylic oxidation sites excluding steroid dienone is 3. The van der Waals surface area contributed by atoms with E-state index in [2.05, 4.69) is 36.7 Å². The summed E-state index contributed by atoms with van der Waals surface area (Å²) in [5, 5.41) is 19.3. The summed E-state index contributed by atoms with van der Waals surface area (Å²) in [7, 11) is 0. The summed E-state index contributed by atoms with van der Waals surface area (Å²) < 4.78 is 0.788. The Hall–Kier alpha value is -2.89. The highest BCUT2D eigenvalue weighted by Crippen LogP contribution is 2.50. The van der Waals surface area contributed by atoms with Gasteiger partial charge >= 0.3 is 0 Å². The fourth-order valence-corrected chi connectivity index (χ4v) is 6.03.